The number of nitrogens with one attached hydrogen (secondary N) is 2. The number of urea groups is 1. The van der Waals surface area contributed by atoms with Crippen molar-refractivity contribution < 1.29 is 9.53 Å². The highest BCUT2D eigenvalue weighted by Gasteiger charge is 2.23. The van der Waals surface area contributed by atoms with Gasteiger partial charge in [0, 0.05) is 12.5 Å². The van der Waals surface area contributed by atoms with Gasteiger partial charge < -0.3 is 15.4 Å². The lowest BCUT2D eigenvalue weighted by Crippen LogP contribution is -2.47. The van der Waals surface area contributed by atoms with Gasteiger partial charge >= 0.3 is 6.03 Å². The fourth-order valence-electron chi connectivity index (χ4n) is 2.36. The lowest BCUT2D eigenvalue weighted by atomic mass is 9.93. The van der Waals surface area contributed by atoms with Gasteiger partial charge in [-0.15, -0.1) is 0 Å². The summed E-state index contributed by atoms with van der Waals surface area (Å²) in [4.78, 5) is 11.6. The Hall–Kier alpha value is -1.71. The highest BCUT2D eigenvalue weighted by molar-refractivity contribution is 5.74. The first kappa shape index (κ1) is 11.4. The minimum Gasteiger partial charge on any atom is -0.488 e. The third-order valence-electron chi connectivity index (χ3n) is 3.64. The van der Waals surface area contributed by atoms with E-state index in [9.17, 15) is 4.79 Å². The molecule has 1 aromatic rings. The van der Waals surface area contributed by atoms with Crippen molar-refractivity contribution in [2.75, 3.05) is 6.54 Å². The molecular weight excluding hydrogens is 228 g/mol. The molecule has 0 aromatic heterocycles. The average molecular weight is 246 g/mol. The van der Waals surface area contributed by atoms with Crippen LogP contribution in [0.3, 0.4) is 0 Å². The van der Waals surface area contributed by atoms with E-state index in [1.165, 1.54) is 12.0 Å². The maximum atomic E-state index is 11.6. The topological polar surface area (TPSA) is 50.4 Å². The minimum atomic E-state index is -0.0701. The fraction of sp³-hybridized carbons (Fsp3) is 0.500. The average Bonchev–Trinajstić information content (AvgIpc) is 2.74. The van der Waals surface area contributed by atoms with E-state index < -0.39 is 0 Å². The van der Waals surface area contributed by atoms with E-state index in [1.807, 2.05) is 18.2 Å². The molecule has 96 valence electrons. The van der Waals surface area contributed by atoms with E-state index in [0.29, 0.717) is 12.6 Å². The van der Waals surface area contributed by atoms with Gasteiger partial charge in [-0.3, -0.25) is 0 Å². The molecule has 1 fully saturated rings. The molecule has 0 radical (unpaired) electrons. The number of benzene rings is 1. The molecule has 0 bridgehead atoms. The van der Waals surface area contributed by atoms with E-state index in [2.05, 4.69) is 16.7 Å². The fourth-order valence-corrected chi connectivity index (χ4v) is 2.36. The molecule has 1 heterocycles. The molecular formula is C14H18N2O2. The van der Waals surface area contributed by atoms with Gasteiger partial charge in [0.15, 0.2) is 0 Å². The van der Waals surface area contributed by atoms with E-state index >= 15 is 0 Å². The molecule has 1 aromatic carbocycles. The zero-order valence-electron chi connectivity index (χ0n) is 10.3. The van der Waals surface area contributed by atoms with Crippen LogP contribution in [0.1, 0.15) is 24.8 Å². The molecule has 18 heavy (non-hydrogen) atoms. The van der Waals surface area contributed by atoms with Crippen molar-refractivity contribution in [3.05, 3.63) is 29.8 Å². The predicted molar refractivity (Wildman–Crippen MR) is 68.7 cm³/mol. The number of carbonyl (C=O) groups excluding carboxylic acids is 1. The molecule has 1 aliphatic heterocycles. The van der Waals surface area contributed by atoms with E-state index in [-0.39, 0.29) is 12.1 Å². The number of fused-ring (bicyclic) bond motifs is 1. The van der Waals surface area contributed by atoms with Crippen molar-refractivity contribution in [1.82, 2.24) is 10.6 Å². The minimum absolute atomic E-state index is 0.0644. The van der Waals surface area contributed by atoms with Crippen LogP contribution in [0.2, 0.25) is 0 Å². The first-order chi connectivity index (χ1) is 8.81. The van der Waals surface area contributed by atoms with Crippen LogP contribution in [-0.4, -0.2) is 24.7 Å². The Morgan fingerprint density at radius 2 is 2.17 bits per heavy atom. The normalized spacial score (nSPS) is 21.7. The number of para-hydroxylation sites is 1. The SMILES string of the molecule is O=C(NCC1Cc2ccccc2O1)NC1CCC1. The Morgan fingerprint density at radius 3 is 2.89 bits per heavy atom. The Kier molecular flexibility index (Phi) is 3.09. The molecule has 0 saturated heterocycles. The van der Waals surface area contributed by atoms with Crippen molar-refractivity contribution in [2.24, 2.45) is 0 Å². The van der Waals surface area contributed by atoms with Crippen molar-refractivity contribution in [3.63, 3.8) is 0 Å². The second-order valence-corrected chi connectivity index (χ2v) is 5.03. The summed E-state index contributed by atoms with van der Waals surface area (Å²) in [5.41, 5.74) is 1.23. The van der Waals surface area contributed by atoms with Gasteiger partial charge in [-0.25, -0.2) is 4.79 Å². The second kappa shape index (κ2) is 4.88. The van der Waals surface area contributed by atoms with Gasteiger partial charge in [0.1, 0.15) is 11.9 Å². The summed E-state index contributed by atoms with van der Waals surface area (Å²) in [5.74, 6) is 0.948. The third-order valence-corrected chi connectivity index (χ3v) is 3.64. The first-order valence-corrected chi connectivity index (χ1v) is 6.60. The van der Waals surface area contributed by atoms with Crippen LogP contribution in [0.25, 0.3) is 0 Å². The van der Waals surface area contributed by atoms with Gasteiger partial charge in [-0.1, -0.05) is 18.2 Å². The quantitative estimate of drug-likeness (QED) is 0.855. The number of rotatable bonds is 3. The molecule has 4 nitrogen and oxygen atoms in total. The van der Waals surface area contributed by atoms with Gasteiger partial charge in [0.05, 0.1) is 6.54 Å². The maximum Gasteiger partial charge on any atom is 0.315 e. The maximum absolute atomic E-state index is 11.6. The summed E-state index contributed by atoms with van der Waals surface area (Å²) in [6.45, 7) is 0.563. The molecule has 0 spiro atoms. The van der Waals surface area contributed by atoms with Gasteiger partial charge in [-0.05, 0) is 30.9 Å². The summed E-state index contributed by atoms with van der Waals surface area (Å²) in [6, 6.07) is 8.35. The van der Waals surface area contributed by atoms with E-state index in [0.717, 1.165) is 25.0 Å². The van der Waals surface area contributed by atoms with Crippen molar-refractivity contribution in [3.8, 4) is 5.75 Å². The standard InChI is InChI=1S/C14H18N2O2/c17-14(16-11-5-3-6-11)15-9-12-8-10-4-1-2-7-13(10)18-12/h1-2,4,7,11-12H,3,5-6,8-9H2,(H2,15,16,17). The van der Waals surface area contributed by atoms with Crippen LogP contribution in [0.4, 0.5) is 4.79 Å². The van der Waals surface area contributed by atoms with Crippen LogP contribution in [0.15, 0.2) is 24.3 Å². The van der Waals surface area contributed by atoms with Gasteiger partial charge in [0.2, 0.25) is 0 Å². The molecule has 1 unspecified atom stereocenters. The van der Waals surface area contributed by atoms with Crippen molar-refractivity contribution in [1.29, 1.82) is 0 Å². The van der Waals surface area contributed by atoms with Gasteiger partial charge in [0.25, 0.3) is 0 Å². The van der Waals surface area contributed by atoms with Crippen LogP contribution in [0.5, 0.6) is 5.75 Å². The summed E-state index contributed by atoms with van der Waals surface area (Å²) < 4.78 is 5.76. The summed E-state index contributed by atoms with van der Waals surface area (Å²) >= 11 is 0. The molecule has 3 rings (SSSR count). The number of hydrogen-bond acceptors (Lipinski definition) is 2. The molecule has 1 atom stereocenters. The predicted octanol–water partition coefficient (Wildman–Crippen LogP) is 1.84. The Bertz CT molecular complexity index is 418. The lowest BCUT2D eigenvalue weighted by molar-refractivity contribution is 0.207. The smallest absolute Gasteiger partial charge is 0.315 e. The number of carbonyl (C=O) groups is 1. The molecule has 1 saturated carbocycles. The van der Waals surface area contributed by atoms with Crippen LogP contribution >= 0.6 is 0 Å². The molecule has 2 amide bonds. The first-order valence-electron chi connectivity index (χ1n) is 6.60. The molecule has 1 aliphatic carbocycles. The second-order valence-electron chi connectivity index (χ2n) is 5.03. The number of ether oxygens (including phenoxy) is 1. The molecule has 2 N–H and O–H groups in total. The van der Waals surface area contributed by atoms with Crippen LogP contribution in [0, 0.1) is 0 Å². The molecule has 4 heteroatoms. The zero-order chi connectivity index (χ0) is 12.4. The monoisotopic (exact) mass is 246 g/mol. The third kappa shape index (κ3) is 2.42. The van der Waals surface area contributed by atoms with Crippen molar-refractivity contribution in [2.45, 2.75) is 37.8 Å². The number of hydrogen-bond donors (Lipinski definition) is 2. The summed E-state index contributed by atoms with van der Waals surface area (Å²) in [5, 5.41) is 5.84. The Morgan fingerprint density at radius 1 is 1.33 bits per heavy atom. The summed E-state index contributed by atoms with van der Waals surface area (Å²) in [7, 11) is 0. The van der Waals surface area contributed by atoms with E-state index in [1.54, 1.807) is 0 Å². The largest absolute Gasteiger partial charge is 0.488 e. The van der Waals surface area contributed by atoms with Crippen LogP contribution in [-0.2, 0) is 6.42 Å². The Balaban J connectivity index is 1.43. The number of amides is 2. The van der Waals surface area contributed by atoms with Crippen molar-refractivity contribution >= 4 is 6.03 Å². The van der Waals surface area contributed by atoms with E-state index in [4.69, 9.17) is 4.74 Å². The lowest BCUT2D eigenvalue weighted by Gasteiger charge is -2.26. The highest BCUT2D eigenvalue weighted by atomic mass is 16.5. The van der Waals surface area contributed by atoms with Crippen LogP contribution < -0.4 is 15.4 Å². The zero-order valence-corrected chi connectivity index (χ0v) is 10.3. The summed E-state index contributed by atoms with van der Waals surface area (Å²) in [6.07, 6.45) is 4.39. The van der Waals surface area contributed by atoms with Gasteiger partial charge in [-0.2, -0.15) is 0 Å². The Labute approximate surface area is 107 Å². The highest BCUT2D eigenvalue weighted by Crippen LogP contribution is 2.27. The molecule has 2 aliphatic rings.